The first-order valence-electron chi connectivity index (χ1n) is 4.44. The van der Waals surface area contributed by atoms with Crippen molar-refractivity contribution in [2.24, 2.45) is 0 Å². The molecule has 0 aliphatic rings. The molecular weight excluding hydrogens is 152 g/mol. The van der Waals surface area contributed by atoms with Gasteiger partial charge in [0.1, 0.15) is 0 Å². The van der Waals surface area contributed by atoms with Gasteiger partial charge in [-0.1, -0.05) is 0 Å². The summed E-state index contributed by atoms with van der Waals surface area (Å²) < 4.78 is 5.12. The fourth-order valence-electron chi connectivity index (χ4n) is 0.760. The Bertz CT molecular complexity index is 115. The van der Waals surface area contributed by atoms with Gasteiger partial charge in [0.15, 0.2) is 0 Å². The highest BCUT2D eigenvalue weighted by atomic mass is 16.5. The SMILES string of the molecule is CNC(C)(C)CNCC(C)OC. The average Bonchev–Trinajstić information content (AvgIpc) is 2.04. The van der Waals surface area contributed by atoms with E-state index in [1.165, 1.54) is 0 Å². The molecule has 0 radical (unpaired) electrons. The number of hydrogen-bond acceptors (Lipinski definition) is 3. The van der Waals surface area contributed by atoms with Gasteiger partial charge in [-0.25, -0.2) is 0 Å². The van der Waals surface area contributed by atoms with Gasteiger partial charge in [-0.2, -0.15) is 0 Å². The molecule has 12 heavy (non-hydrogen) atoms. The molecule has 0 fully saturated rings. The summed E-state index contributed by atoms with van der Waals surface area (Å²) in [4.78, 5) is 0. The molecule has 0 rings (SSSR count). The van der Waals surface area contributed by atoms with Gasteiger partial charge >= 0.3 is 0 Å². The second kappa shape index (κ2) is 5.51. The first kappa shape index (κ1) is 11.9. The van der Waals surface area contributed by atoms with E-state index in [2.05, 4.69) is 31.4 Å². The van der Waals surface area contributed by atoms with Gasteiger partial charge in [0, 0.05) is 25.7 Å². The number of ether oxygens (including phenoxy) is 1. The predicted molar refractivity (Wildman–Crippen MR) is 52.5 cm³/mol. The fraction of sp³-hybridized carbons (Fsp3) is 1.00. The Morgan fingerprint density at radius 3 is 2.42 bits per heavy atom. The van der Waals surface area contributed by atoms with Gasteiger partial charge < -0.3 is 15.4 Å². The van der Waals surface area contributed by atoms with Crippen molar-refractivity contribution in [2.45, 2.75) is 32.4 Å². The van der Waals surface area contributed by atoms with Crippen LogP contribution in [-0.4, -0.2) is 38.9 Å². The van der Waals surface area contributed by atoms with Crippen molar-refractivity contribution in [1.82, 2.24) is 10.6 Å². The van der Waals surface area contributed by atoms with E-state index in [9.17, 15) is 0 Å². The monoisotopic (exact) mass is 174 g/mol. The van der Waals surface area contributed by atoms with Gasteiger partial charge in [-0.15, -0.1) is 0 Å². The van der Waals surface area contributed by atoms with Crippen LogP contribution in [0.3, 0.4) is 0 Å². The molecule has 3 heteroatoms. The Hall–Kier alpha value is -0.120. The summed E-state index contributed by atoms with van der Waals surface area (Å²) in [5.74, 6) is 0. The number of hydrogen-bond donors (Lipinski definition) is 2. The minimum absolute atomic E-state index is 0.160. The summed E-state index contributed by atoms with van der Waals surface area (Å²) in [7, 11) is 3.71. The van der Waals surface area contributed by atoms with Crippen LogP contribution in [0.5, 0.6) is 0 Å². The maximum Gasteiger partial charge on any atom is 0.0667 e. The third-order valence-electron chi connectivity index (χ3n) is 2.08. The topological polar surface area (TPSA) is 33.3 Å². The van der Waals surface area contributed by atoms with Gasteiger partial charge in [0.25, 0.3) is 0 Å². The molecule has 1 unspecified atom stereocenters. The summed E-state index contributed by atoms with van der Waals surface area (Å²) in [6, 6.07) is 0. The van der Waals surface area contributed by atoms with Gasteiger partial charge in [0.2, 0.25) is 0 Å². The van der Waals surface area contributed by atoms with Crippen LogP contribution in [0, 0.1) is 0 Å². The van der Waals surface area contributed by atoms with Crippen molar-refractivity contribution in [3.8, 4) is 0 Å². The zero-order chi connectivity index (χ0) is 9.61. The molecule has 0 aliphatic carbocycles. The minimum atomic E-state index is 0.160. The molecule has 0 saturated heterocycles. The molecule has 0 spiro atoms. The molecule has 74 valence electrons. The summed E-state index contributed by atoms with van der Waals surface area (Å²) in [6.07, 6.45) is 0.289. The Labute approximate surface area is 75.9 Å². The average molecular weight is 174 g/mol. The maximum atomic E-state index is 5.12. The van der Waals surface area contributed by atoms with Crippen LogP contribution in [0.25, 0.3) is 0 Å². The Kier molecular flexibility index (Phi) is 5.46. The van der Waals surface area contributed by atoms with Crippen LogP contribution in [0.15, 0.2) is 0 Å². The third-order valence-corrected chi connectivity index (χ3v) is 2.08. The second-order valence-electron chi connectivity index (χ2n) is 3.81. The van der Waals surface area contributed by atoms with E-state index < -0.39 is 0 Å². The number of nitrogens with one attached hydrogen (secondary N) is 2. The van der Waals surface area contributed by atoms with Crippen LogP contribution in [0.2, 0.25) is 0 Å². The standard InChI is InChI=1S/C9H22N2O/c1-8(12-5)6-11-7-9(2,3)10-4/h8,10-11H,6-7H2,1-5H3. The lowest BCUT2D eigenvalue weighted by Crippen LogP contribution is -2.47. The summed E-state index contributed by atoms with van der Waals surface area (Å²) in [5.41, 5.74) is 0.160. The smallest absolute Gasteiger partial charge is 0.0667 e. The number of methoxy groups -OCH3 is 1. The lowest BCUT2D eigenvalue weighted by Gasteiger charge is -2.25. The van der Waals surface area contributed by atoms with E-state index in [1.54, 1.807) is 7.11 Å². The Morgan fingerprint density at radius 2 is 2.00 bits per heavy atom. The lowest BCUT2D eigenvalue weighted by atomic mass is 10.1. The summed E-state index contributed by atoms with van der Waals surface area (Å²) in [6.45, 7) is 8.24. The van der Waals surface area contributed by atoms with Crippen LogP contribution in [0.1, 0.15) is 20.8 Å². The molecule has 2 N–H and O–H groups in total. The van der Waals surface area contributed by atoms with Crippen molar-refractivity contribution in [2.75, 3.05) is 27.2 Å². The molecule has 0 aromatic heterocycles. The van der Waals surface area contributed by atoms with E-state index in [1.807, 2.05) is 7.05 Å². The van der Waals surface area contributed by atoms with Gasteiger partial charge in [-0.05, 0) is 27.8 Å². The Balaban J connectivity index is 3.42. The van der Waals surface area contributed by atoms with E-state index >= 15 is 0 Å². The molecule has 0 bridgehead atoms. The van der Waals surface area contributed by atoms with E-state index in [0.29, 0.717) is 0 Å². The molecule has 1 atom stereocenters. The number of rotatable bonds is 6. The van der Waals surface area contributed by atoms with Gasteiger partial charge in [0.05, 0.1) is 6.10 Å². The summed E-state index contributed by atoms with van der Waals surface area (Å²) >= 11 is 0. The highest BCUT2D eigenvalue weighted by molar-refractivity contribution is 4.78. The van der Waals surface area contributed by atoms with E-state index in [4.69, 9.17) is 4.74 Å². The minimum Gasteiger partial charge on any atom is -0.380 e. The fourth-order valence-corrected chi connectivity index (χ4v) is 0.760. The van der Waals surface area contributed by atoms with Crippen molar-refractivity contribution in [3.05, 3.63) is 0 Å². The largest absolute Gasteiger partial charge is 0.380 e. The van der Waals surface area contributed by atoms with Crippen LogP contribution < -0.4 is 10.6 Å². The lowest BCUT2D eigenvalue weighted by molar-refractivity contribution is 0.115. The first-order valence-corrected chi connectivity index (χ1v) is 4.44. The van der Waals surface area contributed by atoms with Crippen molar-refractivity contribution in [1.29, 1.82) is 0 Å². The van der Waals surface area contributed by atoms with Gasteiger partial charge in [-0.3, -0.25) is 0 Å². The Morgan fingerprint density at radius 1 is 1.42 bits per heavy atom. The molecular formula is C9H22N2O. The van der Waals surface area contributed by atoms with E-state index in [-0.39, 0.29) is 11.6 Å². The first-order chi connectivity index (χ1) is 5.52. The number of likely N-dealkylation sites (N-methyl/N-ethyl adjacent to an activating group) is 1. The molecule has 0 aromatic rings. The van der Waals surface area contributed by atoms with Crippen molar-refractivity contribution >= 4 is 0 Å². The molecule has 3 nitrogen and oxygen atoms in total. The maximum absolute atomic E-state index is 5.12. The second-order valence-corrected chi connectivity index (χ2v) is 3.81. The predicted octanol–water partition coefficient (Wildman–Crippen LogP) is 0.609. The normalized spacial score (nSPS) is 14.8. The van der Waals surface area contributed by atoms with Crippen molar-refractivity contribution in [3.63, 3.8) is 0 Å². The zero-order valence-corrected chi connectivity index (χ0v) is 8.90. The molecule has 0 amide bonds. The molecule has 0 heterocycles. The van der Waals surface area contributed by atoms with Crippen molar-refractivity contribution < 1.29 is 4.74 Å². The van der Waals surface area contributed by atoms with Crippen LogP contribution in [-0.2, 0) is 4.74 Å². The highest BCUT2D eigenvalue weighted by Crippen LogP contribution is 1.97. The highest BCUT2D eigenvalue weighted by Gasteiger charge is 2.13. The van der Waals surface area contributed by atoms with Crippen LogP contribution in [0.4, 0.5) is 0 Å². The summed E-state index contributed by atoms with van der Waals surface area (Å²) in [5, 5.41) is 6.57. The molecule has 0 aromatic carbocycles. The third kappa shape index (κ3) is 5.52. The van der Waals surface area contributed by atoms with Crippen LogP contribution >= 0.6 is 0 Å². The zero-order valence-electron chi connectivity index (χ0n) is 8.90. The molecule has 0 saturated carbocycles. The van der Waals surface area contributed by atoms with E-state index in [0.717, 1.165) is 13.1 Å². The quantitative estimate of drug-likeness (QED) is 0.619. The molecule has 0 aliphatic heterocycles.